The van der Waals surface area contributed by atoms with E-state index in [0.29, 0.717) is 5.92 Å². The number of nitrogens with zero attached hydrogens (tertiary/aromatic N) is 2. The zero-order valence-electron chi connectivity index (χ0n) is 15.5. The van der Waals surface area contributed by atoms with Crippen LogP contribution in [0.1, 0.15) is 24.0 Å². The lowest BCUT2D eigenvalue weighted by Gasteiger charge is -2.45. The SMILES string of the molecule is OC1/C(=C/c2cn(Cc3ccccc3Br)c3ccc(Br)cc23)N2CCC1CC2. The summed E-state index contributed by atoms with van der Waals surface area (Å²) in [6.07, 6.45) is 6.30. The predicted octanol–water partition coefficient (Wildman–Crippen LogP) is 5.64. The van der Waals surface area contributed by atoms with Gasteiger partial charge in [-0.05, 0) is 54.7 Å². The molecule has 3 fully saturated rings. The Labute approximate surface area is 181 Å². The summed E-state index contributed by atoms with van der Waals surface area (Å²) < 4.78 is 4.50. The summed E-state index contributed by atoms with van der Waals surface area (Å²) in [6, 6.07) is 14.8. The normalized spacial score (nSPS) is 23.1. The average molecular weight is 502 g/mol. The number of hydrogen-bond acceptors (Lipinski definition) is 2. The second kappa shape index (κ2) is 7.36. The molecule has 2 bridgehead atoms. The van der Waals surface area contributed by atoms with E-state index in [-0.39, 0.29) is 6.10 Å². The number of rotatable bonds is 3. The molecule has 0 aliphatic carbocycles. The quantitative estimate of drug-likeness (QED) is 0.502. The van der Waals surface area contributed by atoms with Gasteiger partial charge < -0.3 is 14.6 Å². The highest BCUT2D eigenvalue weighted by Gasteiger charge is 2.36. The summed E-state index contributed by atoms with van der Waals surface area (Å²) in [5.41, 5.74) is 4.71. The van der Waals surface area contributed by atoms with Crippen LogP contribution in [0.5, 0.6) is 0 Å². The molecule has 6 rings (SSSR count). The summed E-state index contributed by atoms with van der Waals surface area (Å²) in [5, 5.41) is 12.0. The van der Waals surface area contributed by atoms with Crippen LogP contribution in [0.15, 0.2) is 63.3 Å². The Bertz CT molecular complexity index is 1060. The van der Waals surface area contributed by atoms with Crippen molar-refractivity contribution in [2.75, 3.05) is 13.1 Å². The molecule has 28 heavy (non-hydrogen) atoms. The topological polar surface area (TPSA) is 28.4 Å². The van der Waals surface area contributed by atoms with E-state index in [1.807, 2.05) is 6.07 Å². The lowest BCUT2D eigenvalue weighted by atomic mass is 9.83. The summed E-state index contributed by atoms with van der Waals surface area (Å²) in [5.74, 6) is 0.414. The van der Waals surface area contributed by atoms with Crippen LogP contribution in [0.2, 0.25) is 0 Å². The van der Waals surface area contributed by atoms with Gasteiger partial charge in [0.2, 0.25) is 0 Å². The predicted molar refractivity (Wildman–Crippen MR) is 121 cm³/mol. The molecule has 3 saturated heterocycles. The molecule has 3 aromatic rings. The molecule has 3 nitrogen and oxygen atoms in total. The number of aromatic nitrogens is 1. The minimum absolute atomic E-state index is 0.337. The van der Waals surface area contributed by atoms with Crippen molar-refractivity contribution in [3.63, 3.8) is 0 Å². The molecule has 3 aliphatic rings. The lowest BCUT2D eigenvalue weighted by molar-refractivity contribution is 0.0215. The number of hydrogen-bond donors (Lipinski definition) is 1. The average Bonchev–Trinajstić information content (AvgIpc) is 3.03. The maximum atomic E-state index is 10.8. The Kier molecular flexibility index (Phi) is 4.85. The molecular weight excluding hydrogens is 480 g/mol. The Hall–Kier alpha value is -1.56. The van der Waals surface area contributed by atoms with Crippen LogP contribution in [-0.4, -0.2) is 33.8 Å². The van der Waals surface area contributed by atoms with E-state index in [2.05, 4.69) is 90.0 Å². The summed E-state index contributed by atoms with van der Waals surface area (Å²) in [4.78, 5) is 2.36. The van der Waals surface area contributed by atoms with Crippen LogP contribution < -0.4 is 0 Å². The zero-order chi connectivity index (χ0) is 19.3. The number of benzene rings is 2. The third-order valence-electron chi connectivity index (χ3n) is 6.13. The standard InChI is InChI=1S/C23H22Br2N2O/c24-18-5-6-21-19(12-18)17(11-22-23(28)15-7-9-26(22)10-8-15)14-27(21)13-16-3-1-2-4-20(16)25/h1-6,11-12,14-15,23,28H,7-10,13H2/b22-11-. The Balaban J connectivity index is 1.60. The molecule has 5 heteroatoms. The zero-order valence-corrected chi connectivity index (χ0v) is 18.7. The smallest absolute Gasteiger partial charge is 0.0965 e. The molecule has 3 aliphatic heterocycles. The van der Waals surface area contributed by atoms with Crippen molar-refractivity contribution in [1.29, 1.82) is 0 Å². The van der Waals surface area contributed by atoms with Crippen LogP contribution in [0.3, 0.4) is 0 Å². The minimum Gasteiger partial charge on any atom is -0.387 e. The molecule has 1 aromatic heterocycles. The number of piperidine rings is 3. The van der Waals surface area contributed by atoms with Gasteiger partial charge in [-0.15, -0.1) is 0 Å². The number of aliphatic hydroxyl groups excluding tert-OH is 1. The van der Waals surface area contributed by atoms with Crippen molar-refractivity contribution < 1.29 is 5.11 Å². The highest BCUT2D eigenvalue weighted by atomic mass is 79.9. The summed E-state index contributed by atoms with van der Waals surface area (Å²) >= 11 is 7.30. The highest BCUT2D eigenvalue weighted by molar-refractivity contribution is 9.10. The number of aliphatic hydroxyl groups is 1. The van der Waals surface area contributed by atoms with Crippen LogP contribution in [0.25, 0.3) is 17.0 Å². The highest BCUT2D eigenvalue weighted by Crippen LogP contribution is 2.37. The third-order valence-corrected chi connectivity index (χ3v) is 7.40. The first-order chi connectivity index (χ1) is 13.6. The Morgan fingerprint density at radius 3 is 2.61 bits per heavy atom. The Morgan fingerprint density at radius 1 is 1.07 bits per heavy atom. The van der Waals surface area contributed by atoms with E-state index >= 15 is 0 Å². The molecule has 1 N–H and O–H groups in total. The van der Waals surface area contributed by atoms with Crippen LogP contribution in [0, 0.1) is 5.92 Å². The molecule has 0 spiro atoms. The van der Waals surface area contributed by atoms with E-state index < -0.39 is 0 Å². The molecule has 2 aromatic carbocycles. The molecule has 1 atom stereocenters. The first kappa shape index (κ1) is 18.5. The van der Waals surface area contributed by atoms with Gasteiger partial charge in [-0.1, -0.05) is 50.1 Å². The van der Waals surface area contributed by atoms with E-state index in [4.69, 9.17) is 0 Å². The van der Waals surface area contributed by atoms with E-state index in [1.54, 1.807) is 0 Å². The van der Waals surface area contributed by atoms with Gasteiger partial charge in [-0.2, -0.15) is 0 Å². The first-order valence-electron chi connectivity index (χ1n) is 9.76. The number of fused-ring (bicyclic) bond motifs is 4. The monoisotopic (exact) mass is 500 g/mol. The van der Waals surface area contributed by atoms with Gasteiger partial charge in [-0.25, -0.2) is 0 Å². The second-order valence-corrected chi connectivity index (χ2v) is 9.57. The molecule has 0 saturated carbocycles. The van der Waals surface area contributed by atoms with Crippen molar-refractivity contribution >= 4 is 48.8 Å². The maximum Gasteiger partial charge on any atom is 0.0965 e. The van der Waals surface area contributed by atoms with Crippen LogP contribution in [-0.2, 0) is 6.54 Å². The summed E-state index contributed by atoms with van der Waals surface area (Å²) in [7, 11) is 0. The third kappa shape index (κ3) is 3.23. The van der Waals surface area contributed by atoms with Gasteiger partial charge in [0, 0.05) is 56.9 Å². The molecule has 1 unspecified atom stereocenters. The largest absolute Gasteiger partial charge is 0.387 e. The van der Waals surface area contributed by atoms with Crippen molar-refractivity contribution in [3.05, 3.63) is 74.4 Å². The van der Waals surface area contributed by atoms with E-state index in [1.165, 1.54) is 22.0 Å². The molecular formula is C23H22Br2N2O. The van der Waals surface area contributed by atoms with Crippen LogP contribution in [0.4, 0.5) is 0 Å². The fourth-order valence-corrected chi connectivity index (χ4v) is 5.36. The molecule has 0 amide bonds. The van der Waals surface area contributed by atoms with Crippen LogP contribution >= 0.6 is 31.9 Å². The van der Waals surface area contributed by atoms with Gasteiger partial charge in [0.25, 0.3) is 0 Å². The van der Waals surface area contributed by atoms with Crippen molar-refractivity contribution in [1.82, 2.24) is 9.47 Å². The summed E-state index contributed by atoms with van der Waals surface area (Å²) in [6.45, 7) is 2.93. The lowest BCUT2D eigenvalue weighted by Crippen LogP contribution is -2.48. The van der Waals surface area contributed by atoms with Crippen molar-refractivity contribution in [2.45, 2.75) is 25.5 Å². The van der Waals surface area contributed by atoms with E-state index in [0.717, 1.165) is 47.1 Å². The number of halogens is 2. The first-order valence-corrected chi connectivity index (χ1v) is 11.3. The molecule has 0 radical (unpaired) electrons. The molecule has 4 heterocycles. The maximum absolute atomic E-state index is 10.8. The van der Waals surface area contributed by atoms with Crippen molar-refractivity contribution in [2.24, 2.45) is 5.92 Å². The van der Waals surface area contributed by atoms with Gasteiger partial charge in [0.05, 0.1) is 6.10 Å². The minimum atomic E-state index is -0.337. The Morgan fingerprint density at radius 2 is 1.86 bits per heavy atom. The second-order valence-electron chi connectivity index (χ2n) is 7.80. The molecule has 144 valence electrons. The fourth-order valence-electron chi connectivity index (χ4n) is 4.59. The fraction of sp³-hybridized carbons (Fsp3) is 0.304. The van der Waals surface area contributed by atoms with Gasteiger partial charge in [0.1, 0.15) is 0 Å². The van der Waals surface area contributed by atoms with Gasteiger partial charge in [0.15, 0.2) is 0 Å². The van der Waals surface area contributed by atoms with Crippen molar-refractivity contribution in [3.8, 4) is 0 Å². The van der Waals surface area contributed by atoms with Gasteiger partial charge in [-0.3, -0.25) is 0 Å². The van der Waals surface area contributed by atoms with Gasteiger partial charge >= 0.3 is 0 Å². The van der Waals surface area contributed by atoms with E-state index in [9.17, 15) is 5.11 Å².